The summed E-state index contributed by atoms with van der Waals surface area (Å²) < 4.78 is 3.61. The lowest BCUT2D eigenvalue weighted by atomic mass is 10.2. The average molecular weight is 320 g/mol. The molecule has 2 N–H and O–H groups in total. The van der Waals surface area contributed by atoms with Crippen LogP contribution >= 0.6 is 0 Å². The molecule has 1 atom stereocenters. The van der Waals surface area contributed by atoms with Crippen molar-refractivity contribution in [2.45, 2.75) is 12.5 Å². The van der Waals surface area contributed by atoms with Gasteiger partial charge in [-0.25, -0.2) is 14.3 Å². The van der Waals surface area contributed by atoms with Crippen LogP contribution in [-0.4, -0.2) is 37.2 Å². The van der Waals surface area contributed by atoms with E-state index in [0.29, 0.717) is 5.65 Å². The quantitative estimate of drug-likeness (QED) is 0.587. The average Bonchev–Trinajstić information content (AvgIpc) is 3.31. The van der Waals surface area contributed by atoms with Gasteiger partial charge in [0.15, 0.2) is 5.65 Å². The molecule has 4 aromatic rings. The molecule has 120 valence electrons. The van der Waals surface area contributed by atoms with Crippen LogP contribution in [0.1, 0.15) is 12.5 Å². The van der Waals surface area contributed by atoms with Crippen molar-refractivity contribution in [1.29, 1.82) is 0 Å². The molecule has 7 heteroatoms. The summed E-state index contributed by atoms with van der Waals surface area (Å²) in [7, 11) is 0. The molecule has 1 saturated heterocycles. The van der Waals surface area contributed by atoms with Gasteiger partial charge in [-0.1, -0.05) is 6.07 Å². The van der Waals surface area contributed by atoms with Crippen LogP contribution in [0.4, 0.5) is 0 Å². The van der Waals surface area contributed by atoms with E-state index in [1.807, 2.05) is 47.2 Å². The lowest BCUT2D eigenvalue weighted by Gasteiger charge is -2.10. The van der Waals surface area contributed by atoms with E-state index in [4.69, 9.17) is 4.98 Å². The van der Waals surface area contributed by atoms with Crippen molar-refractivity contribution >= 4 is 16.7 Å². The summed E-state index contributed by atoms with van der Waals surface area (Å²) in [4.78, 5) is 20.1. The second-order valence-electron chi connectivity index (χ2n) is 6.10. The van der Waals surface area contributed by atoms with Crippen LogP contribution in [0.2, 0.25) is 0 Å². The molecule has 1 aliphatic rings. The maximum Gasteiger partial charge on any atom is 0.327 e. The number of aromatic amines is 1. The SMILES string of the molecule is O=c1[nH]c2ccc(-c3cnn4ccccc34)nc2n1C1CCNC1. The first-order valence-electron chi connectivity index (χ1n) is 8.06. The van der Waals surface area contributed by atoms with Gasteiger partial charge >= 0.3 is 5.69 Å². The van der Waals surface area contributed by atoms with E-state index in [9.17, 15) is 4.79 Å². The fraction of sp³-hybridized carbons (Fsp3) is 0.235. The van der Waals surface area contributed by atoms with E-state index in [0.717, 1.165) is 41.8 Å². The standard InChI is InChI=1S/C17H16N6O/c24-17-21-14-5-4-13(12-10-19-22-8-2-1-3-15(12)22)20-16(14)23(17)11-6-7-18-9-11/h1-5,8,10-11,18H,6-7,9H2,(H,21,24). The zero-order chi connectivity index (χ0) is 16.1. The van der Waals surface area contributed by atoms with Crippen LogP contribution in [0.25, 0.3) is 27.9 Å². The summed E-state index contributed by atoms with van der Waals surface area (Å²) in [6.45, 7) is 1.73. The number of fused-ring (bicyclic) bond motifs is 2. The zero-order valence-electron chi connectivity index (χ0n) is 12.9. The maximum atomic E-state index is 12.4. The molecule has 0 bridgehead atoms. The molecule has 5 rings (SSSR count). The number of hydrogen-bond acceptors (Lipinski definition) is 4. The zero-order valence-corrected chi connectivity index (χ0v) is 12.9. The Morgan fingerprint density at radius 1 is 1.21 bits per heavy atom. The Bertz CT molecular complexity index is 1100. The first-order chi connectivity index (χ1) is 11.8. The Labute approximate surface area is 137 Å². The second-order valence-corrected chi connectivity index (χ2v) is 6.10. The van der Waals surface area contributed by atoms with Crippen molar-refractivity contribution in [3.63, 3.8) is 0 Å². The van der Waals surface area contributed by atoms with Crippen molar-refractivity contribution in [2.75, 3.05) is 13.1 Å². The largest absolute Gasteiger partial charge is 0.327 e. The molecule has 1 fully saturated rings. The highest BCUT2D eigenvalue weighted by Crippen LogP contribution is 2.25. The number of imidazole rings is 1. The van der Waals surface area contributed by atoms with Gasteiger partial charge in [0.05, 0.1) is 29.0 Å². The van der Waals surface area contributed by atoms with Gasteiger partial charge in [0.2, 0.25) is 0 Å². The monoisotopic (exact) mass is 320 g/mol. The number of H-pyrrole nitrogens is 1. The third kappa shape index (κ3) is 1.91. The third-order valence-electron chi connectivity index (χ3n) is 4.67. The Morgan fingerprint density at radius 3 is 3.04 bits per heavy atom. The van der Waals surface area contributed by atoms with Crippen molar-refractivity contribution < 1.29 is 0 Å². The van der Waals surface area contributed by atoms with Gasteiger partial charge in [-0.2, -0.15) is 5.10 Å². The highest BCUT2D eigenvalue weighted by Gasteiger charge is 2.22. The van der Waals surface area contributed by atoms with Crippen LogP contribution in [0.5, 0.6) is 0 Å². The minimum Gasteiger partial charge on any atom is -0.315 e. The molecule has 0 radical (unpaired) electrons. The van der Waals surface area contributed by atoms with Gasteiger partial charge in [0.25, 0.3) is 0 Å². The van der Waals surface area contributed by atoms with Gasteiger partial charge in [-0.15, -0.1) is 0 Å². The van der Waals surface area contributed by atoms with E-state index in [-0.39, 0.29) is 11.7 Å². The molecule has 0 spiro atoms. The van der Waals surface area contributed by atoms with Crippen LogP contribution < -0.4 is 11.0 Å². The smallest absolute Gasteiger partial charge is 0.315 e. The van der Waals surface area contributed by atoms with Crippen molar-refractivity contribution in [3.8, 4) is 11.3 Å². The Kier molecular flexibility index (Phi) is 2.83. The van der Waals surface area contributed by atoms with Crippen LogP contribution in [0.15, 0.2) is 47.5 Å². The summed E-state index contributed by atoms with van der Waals surface area (Å²) in [5.41, 5.74) is 4.16. The van der Waals surface area contributed by atoms with Gasteiger partial charge in [-0.3, -0.25) is 4.57 Å². The molecule has 0 aromatic carbocycles. The Morgan fingerprint density at radius 2 is 2.17 bits per heavy atom. The van der Waals surface area contributed by atoms with Crippen molar-refractivity contribution in [2.24, 2.45) is 0 Å². The van der Waals surface area contributed by atoms with Crippen LogP contribution in [-0.2, 0) is 0 Å². The number of pyridine rings is 2. The van der Waals surface area contributed by atoms with E-state index in [2.05, 4.69) is 15.4 Å². The fourth-order valence-corrected chi connectivity index (χ4v) is 3.48. The second kappa shape index (κ2) is 5.04. The predicted molar refractivity (Wildman–Crippen MR) is 91.1 cm³/mol. The minimum atomic E-state index is -0.0942. The van der Waals surface area contributed by atoms with E-state index in [1.54, 1.807) is 4.57 Å². The number of nitrogens with one attached hydrogen (secondary N) is 2. The number of aromatic nitrogens is 5. The molecule has 24 heavy (non-hydrogen) atoms. The summed E-state index contributed by atoms with van der Waals surface area (Å²) in [5, 5.41) is 7.67. The lowest BCUT2D eigenvalue weighted by molar-refractivity contribution is 0.542. The maximum absolute atomic E-state index is 12.4. The van der Waals surface area contributed by atoms with Crippen LogP contribution in [0.3, 0.4) is 0 Å². The molecule has 7 nitrogen and oxygen atoms in total. The molecular formula is C17H16N6O. The number of nitrogens with zero attached hydrogens (tertiary/aromatic N) is 4. The highest BCUT2D eigenvalue weighted by molar-refractivity contribution is 5.82. The molecular weight excluding hydrogens is 304 g/mol. The third-order valence-corrected chi connectivity index (χ3v) is 4.67. The molecule has 4 aromatic heterocycles. The summed E-state index contributed by atoms with van der Waals surface area (Å²) in [5.74, 6) is 0. The van der Waals surface area contributed by atoms with Gasteiger partial charge < -0.3 is 10.3 Å². The lowest BCUT2D eigenvalue weighted by Crippen LogP contribution is -2.24. The Hall–Kier alpha value is -2.93. The van der Waals surface area contributed by atoms with Gasteiger partial charge in [0.1, 0.15) is 0 Å². The van der Waals surface area contributed by atoms with Gasteiger partial charge in [0, 0.05) is 18.3 Å². The van der Waals surface area contributed by atoms with Gasteiger partial charge in [-0.05, 0) is 37.2 Å². The molecule has 0 saturated carbocycles. The van der Waals surface area contributed by atoms with E-state index in [1.165, 1.54) is 0 Å². The fourth-order valence-electron chi connectivity index (χ4n) is 3.48. The number of hydrogen-bond donors (Lipinski definition) is 2. The molecule has 0 aliphatic carbocycles. The molecule has 0 amide bonds. The highest BCUT2D eigenvalue weighted by atomic mass is 16.1. The van der Waals surface area contributed by atoms with E-state index >= 15 is 0 Å². The number of rotatable bonds is 2. The topological polar surface area (TPSA) is 80.0 Å². The normalized spacial score (nSPS) is 17.9. The summed E-state index contributed by atoms with van der Waals surface area (Å²) >= 11 is 0. The first-order valence-corrected chi connectivity index (χ1v) is 8.06. The van der Waals surface area contributed by atoms with E-state index < -0.39 is 0 Å². The Balaban J connectivity index is 1.73. The summed E-state index contributed by atoms with van der Waals surface area (Å²) in [6.07, 6.45) is 4.67. The first kappa shape index (κ1) is 13.5. The predicted octanol–water partition coefficient (Wildman–Crippen LogP) is 1.57. The van der Waals surface area contributed by atoms with Crippen molar-refractivity contribution in [1.82, 2.24) is 29.5 Å². The molecule has 5 heterocycles. The molecule has 1 unspecified atom stereocenters. The molecule has 1 aliphatic heterocycles. The minimum absolute atomic E-state index is 0.0942. The summed E-state index contributed by atoms with van der Waals surface area (Å²) in [6, 6.07) is 9.94. The van der Waals surface area contributed by atoms with Crippen LogP contribution in [0, 0.1) is 0 Å². The van der Waals surface area contributed by atoms with Crippen molar-refractivity contribution in [3.05, 3.63) is 53.2 Å².